The first-order valence-electron chi connectivity index (χ1n) is 5.28. The van der Waals surface area contributed by atoms with Crippen LogP contribution in [0.4, 0.5) is 0 Å². The molecule has 1 aliphatic rings. The zero-order valence-electron chi connectivity index (χ0n) is 9.37. The molecule has 0 radical (unpaired) electrons. The van der Waals surface area contributed by atoms with Gasteiger partial charge in [0.2, 0.25) is 0 Å². The smallest absolute Gasteiger partial charge is 0.123 e. The van der Waals surface area contributed by atoms with Gasteiger partial charge in [0.25, 0.3) is 0 Å². The van der Waals surface area contributed by atoms with Gasteiger partial charge in [0.15, 0.2) is 0 Å². The number of aliphatic hydroxyl groups excluding tert-OH is 1. The van der Waals surface area contributed by atoms with E-state index in [9.17, 15) is 5.11 Å². The van der Waals surface area contributed by atoms with Crippen LogP contribution < -0.4 is 4.74 Å². The molecule has 2 rings (SSSR count). The number of halogens is 1. The van der Waals surface area contributed by atoms with E-state index in [1.54, 1.807) is 13.2 Å². The highest BCUT2D eigenvalue weighted by molar-refractivity contribution is 7.99. The molecule has 1 heterocycles. The fourth-order valence-corrected chi connectivity index (χ4v) is 3.41. The van der Waals surface area contributed by atoms with E-state index in [0.29, 0.717) is 10.3 Å². The summed E-state index contributed by atoms with van der Waals surface area (Å²) >= 11 is 7.99. The summed E-state index contributed by atoms with van der Waals surface area (Å²) in [6.45, 7) is 2.13. The molecular formula is C12H15ClO2S. The number of thioether (sulfide) groups is 1. The second kappa shape index (κ2) is 4.86. The molecule has 2 unspecified atom stereocenters. The zero-order valence-corrected chi connectivity index (χ0v) is 10.9. The molecule has 0 aliphatic carbocycles. The maximum atomic E-state index is 10.2. The summed E-state index contributed by atoms with van der Waals surface area (Å²) in [5.74, 6) is 1.66. The average molecular weight is 259 g/mol. The molecule has 4 heteroatoms. The van der Waals surface area contributed by atoms with Crippen molar-refractivity contribution in [1.29, 1.82) is 0 Å². The van der Waals surface area contributed by atoms with Gasteiger partial charge in [-0.2, -0.15) is 11.8 Å². The number of ether oxygens (including phenoxy) is 1. The maximum Gasteiger partial charge on any atom is 0.123 e. The molecule has 1 N–H and O–H groups in total. The predicted octanol–water partition coefficient (Wildman–Crippen LogP) is 3.41. The molecule has 0 saturated heterocycles. The molecule has 0 saturated carbocycles. The molecule has 0 amide bonds. The van der Waals surface area contributed by atoms with Gasteiger partial charge in [-0.3, -0.25) is 0 Å². The Balaban J connectivity index is 2.52. The van der Waals surface area contributed by atoms with Crippen LogP contribution >= 0.6 is 23.4 Å². The summed E-state index contributed by atoms with van der Waals surface area (Å²) in [5, 5.41) is 11.2. The lowest BCUT2D eigenvalue weighted by molar-refractivity contribution is 0.168. The summed E-state index contributed by atoms with van der Waals surface area (Å²) in [6, 6.07) is 3.66. The summed E-state index contributed by atoms with van der Waals surface area (Å²) in [4.78, 5) is 0. The topological polar surface area (TPSA) is 29.5 Å². The Morgan fingerprint density at radius 2 is 2.25 bits per heavy atom. The van der Waals surface area contributed by atoms with Crippen LogP contribution in [0.2, 0.25) is 5.02 Å². The van der Waals surface area contributed by atoms with Crippen molar-refractivity contribution in [2.75, 3.05) is 7.11 Å². The van der Waals surface area contributed by atoms with Crippen molar-refractivity contribution in [2.24, 2.45) is 0 Å². The Labute approximate surface area is 105 Å². The fraction of sp³-hybridized carbons (Fsp3) is 0.500. The first kappa shape index (κ1) is 12.1. The maximum absolute atomic E-state index is 10.2. The van der Waals surface area contributed by atoms with Crippen LogP contribution in [0.3, 0.4) is 0 Å². The van der Waals surface area contributed by atoms with Gasteiger partial charge in [-0.1, -0.05) is 18.5 Å². The average Bonchev–Trinajstić information content (AvgIpc) is 2.39. The van der Waals surface area contributed by atoms with Crippen molar-refractivity contribution in [2.45, 2.75) is 30.5 Å². The van der Waals surface area contributed by atoms with Crippen LogP contribution in [0.25, 0.3) is 0 Å². The van der Waals surface area contributed by atoms with E-state index in [4.69, 9.17) is 16.3 Å². The lowest BCUT2D eigenvalue weighted by atomic mass is 9.99. The lowest BCUT2D eigenvalue weighted by Crippen LogP contribution is -2.05. The number of hydrogen-bond acceptors (Lipinski definition) is 3. The van der Waals surface area contributed by atoms with Crippen LogP contribution in [0.15, 0.2) is 12.1 Å². The minimum absolute atomic E-state index is 0.433. The van der Waals surface area contributed by atoms with Crippen molar-refractivity contribution in [3.63, 3.8) is 0 Å². The Morgan fingerprint density at radius 3 is 2.94 bits per heavy atom. The van der Waals surface area contributed by atoms with Crippen molar-refractivity contribution >= 4 is 23.4 Å². The first-order chi connectivity index (χ1) is 7.63. The second-order valence-corrected chi connectivity index (χ2v) is 5.85. The fourth-order valence-electron chi connectivity index (χ4n) is 2.04. The molecular weight excluding hydrogens is 244 g/mol. The molecule has 2 nitrogen and oxygen atoms in total. The van der Waals surface area contributed by atoms with Crippen molar-refractivity contribution in [3.05, 3.63) is 28.3 Å². The molecule has 1 aliphatic heterocycles. The van der Waals surface area contributed by atoms with Crippen LogP contribution in [0.1, 0.15) is 30.6 Å². The van der Waals surface area contributed by atoms with E-state index in [1.807, 2.05) is 17.8 Å². The van der Waals surface area contributed by atoms with E-state index in [1.165, 1.54) is 0 Å². The van der Waals surface area contributed by atoms with Gasteiger partial charge >= 0.3 is 0 Å². The van der Waals surface area contributed by atoms with Crippen LogP contribution in [0, 0.1) is 0 Å². The van der Waals surface area contributed by atoms with Crippen molar-refractivity contribution < 1.29 is 9.84 Å². The van der Waals surface area contributed by atoms with Gasteiger partial charge in [0.05, 0.1) is 13.2 Å². The van der Waals surface area contributed by atoms with Gasteiger partial charge in [-0.05, 0) is 18.6 Å². The van der Waals surface area contributed by atoms with Crippen molar-refractivity contribution in [3.8, 4) is 5.75 Å². The standard InChI is InChI=1S/C12H15ClO2S/c1-7-5-10(14)12-8(6-16-7)11(15-2)4-3-9(12)13/h3-4,7,10,14H,5-6H2,1-2H3. The van der Waals surface area contributed by atoms with Crippen LogP contribution in [0.5, 0.6) is 5.75 Å². The number of aliphatic hydroxyl groups is 1. The largest absolute Gasteiger partial charge is 0.496 e. The first-order valence-corrected chi connectivity index (χ1v) is 6.71. The minimum atomic E-state index is -0.484. The normalized spacial score (nSPS) is 24.8. The molecule has 0 fully saturated rings. The van der Waals surface area contributed by atoms with Crippen LogP contribution in [-0.4, -0.2) is 17.5 Å². The molecule has 88 valence electrons. The molecule has 1 aromatic rings. The highest BCUT2D eigenvalue weighted by Crippen LogP contribution is 2.42. The minimum Gasteiger partial charge on any atom is -0.496 e. The number of fused-ring (bicyclic) bond motifs is 1. The number of methoxy groups -OCH3 is 1. The van der Waals surface area contributed by atoms with E-state index in [0.717, 1.165) is 29.1 Å². The summed E-state index contributed by atoms with van der Waals surface area (Å²) in [6.07, 6.45) is 0.257. The zero-order chi connectivity index (χ0) is 11.7. The Hall–Kier alpha value is -0.380. The summed E-state index contributed by atoms with van der Waals surface area (Å²) in [5.41, 5.74) is 1.88. The van der Waals surface area contributed by atoms with E-state index in [-0.39, 0.29) is 0 Å². The third kappa shape index (κ3) is 2.17. The Kier molecular flexibility index (Phi) is 3.67. The molecule has 2 atom stereocenters. The molecule has 16 heavy (non-hydrogen) atoms. The highest BCUT2D eigenvalue weighted by atomic mass is 35.5. The highest BCUT2D eigenvalue weighted by Gasteiger charge is 2.25. The quantitative estimate of drug-likeness (QED) is 0.837. The van der Waals surface area contributed by atoms with Gasteiger partial charge in [0, 0.05) is 27.2 Å². The lowest BCUT2D eigenvalue weighted by Gasteiger charge is -2.16. The monoisotopic (exact) mass is 258 g/mol. The number of rotatable bonds is 1. The van der Waals surface area contributed by atoms with Crippen molar-refractivity contribution in [1.82, 2.24) is 0 Å². The summed E-state index contributed by atoms with van der Waals surface area (Å²) in [7, 11) is 1.65. The molecule has 0 bridgehead atoms. The van der Waals surface area contributed by atoms with E-state index < -0.39 is 6.10 Å². The van der Waals surface area contributed by atoms with Crippen LogP contribution in [-0.2, 0) is 5.75 Å². The third-order valence-electron chi connectivity index (χ3n) is 2.88. The Morgan fingerprint density at radius 1 is 1.50 bits per heavy atom. The third-order valence-corrected chi connectivity index (χ3v) is 4.43. The van der Waals surface area contributed by atoms with E-state index in [2.05, 4.69) is 6.92 Å². The predicted molar refractivity (Wildman–Crippen MR) is 68.3 cm³/mol. The SMILES string of the molecule is COc1ccc(Cl)c2c1CSC(C)CC2O. The van der Waals surface area contributed by atoms with Gasteiger partial charge in [-0.25, -0.2) is 0 Å². The second-order valence-electron chi connectivity index (χ2n) is 4.01. The molecule has 1 aromatic carbocycles. The summed E-state index contributed by atoms with van der Waals surface area (Å²) < 4.78 is 5.32. The molecule has 0 spiro atoms. The van der Waals surface area contributed by atoms with Gasteiger partial charge in [0.1, 0.15) is 5.75 Å². The van der Waals surface area contributed by atoms with E-state index >= 15 is 0 Å². The molecule has 0 aromatic heterocycles. The number of benzene rings is 1. The Bertz CT molecular complexity index is 395. The van der Waals surface area contributed by atoms with Gasteiger partial charge in [-0.15, -0.1) is 0 Å². The van der Waals surface area contributed by atoms with Gasteiger partial charge < -0.3 is 9.84 Å². The number of hydrogen-bond donors (Lipinski definition) is 1.